The summed E-state index contributed by atoms with van der Waals surface area (Å²) in [7, 11) is -4.17. The zero-order valence-electron chi connectivity index (χ0n) is 16.0. The maximum Gasteiger partial charge on any atom is 0.328 e. The third-order valence-electron chi connectivity index (χ3n) is 4.11. The molecule has 2 aromatic carbocycles. The summed E-state index contributed by atoms with van der Waals surface area (Å²) in [5, 5.41) is 14.7. The largest absolute Gasteiger partial charge is 0.354 e. The number of hydrogen-bond donors (Lipinski definition) is 3. The van der Waals surface area contributed by atoms with Crippen LogP contribution in [0.5, 0.6) is 0 Å². The number of unbranched alkanes of at least 4 members (excludes halogenated alkanes) is 2. The minimum absolute atomic E-state index is 0.168. The van der Waals surface area contributed by atoms with Crippen molar-refractivity contribution in [2.45, 2.75) is 38.0 Å². The maximum absolute atomic E-state index is 12.8. The van der Waals surface area contributed by atoms with Gasteiger partial charge in [-0.2, -0.15) is 5.26 Å². The number of rotatable bonds is 8. The Morgan fingerprint density at radius 1 is 1.11 bits per heavy atom. The summed E-state index contributed by atoms with van der Waals surface area (Å²) in [6.07, 6.45) is 2.71. The molecule has 8 heteroatoms. The van der Waals surface area contributed by atoms with Crippen molar-refractivity contribution < 1.29 is 13.2 Å². The fraction of sp³-hybridized carbons (Fsp3) is 0.300. The molecule has 148 valence electrons. The molecular weight excluding hydrogens is 376 g/mol. The number of urea groups is 1. The van der Waals surface area contributed by atoms with Crippen LogP contribution in [-0.2, 0) is 10.0 Å². The van der Waals surface area contributed by atoms with Crippen LogP contribution in [0.1, 0.15) is 37.3 Å². The predicted molar refractivity (Wildman–Crippen MR) is 109 cm³/mol. The number of nitriles is 1. The van der Waals surface area contributed by atoms with Crippen molar-refractivity contribution in [2.24, 2.45) is 0 Å². The molecule has 2 aromatic rings. The molecule has 0 aliphatic rings. The predicted octanol–water partition coefficient (Wildman–Crippen LogP) is 3.79. The van der Waals surface area contributed by atoms with E-state index in [1.807, 2.05) is 48.9 Å². The van der Waals surface area contributed by atoms with Crippen molar-refractivity contribution in [3.8, 4) is 6.07 Å². The van der Waals surface area contributed by atoms with Gasteiger partial charge in [-0.1, -0.05) is 38.0 Å². The summed E-state index contributed by atoms with van der Waals surface area (Å²) in [5.41, 5.74) is 2.11. The number of para-hydroxylation sites is 1. The Labute approximate surface area is 165 Å². The molecule has 2 rings (SSSR count). The number of aryl methyl sites for hydroxylation is 1. The van der Waals surface area contributed by atoms with E-state index in [1.54, 1.807) is 0 Å². The van der Waals surface area contributed by atoms with Gasteiger partial charge in [0.05, 0.1) is 17.3 Å². The molecule has 2 amide bonds. The normalized spacial score (nSPS) is 10.8. The van der Waals surface area contributed by atoms with Crippen LogP contribution in [0.3, 0.4) is 0 Å². The van der Waals surface area contributed by atoms with Crippen LogP contribution in [0.25, 0.3) is 0 Å². The van der Waals surface area contributed by atoms with E-state index in [9.17, 15) is 13.2 Å². The first-order valence-electron chi connectivity index (χ1n) is 9.05. The van der Waals surface area contributed by atoms with E-state index < -0.39 is 16.1 Å². The van der Waals surface area contributed by atoms with E-state index in [1.165, 1.54) is 18.2 Å². The van der Waals surface area contributed by atoms with Crippen LogP contribution in [-0.4, -0.2) is 21.0 Å². The van der Waals surface area contributed by atoms with E-state index in [0.717, 1.165) is 30.5 Å². The van der Waals surface area contributed by atoms with Gasteiger partial charge in [0.1, 0.15) is 4.90 Å². The molecule has 0 saturated carbocycles. The van der Waals surface area contributed by atoms with Gasteiger partial charge in [0.2, 0.25) is 0 Å². The van der Waals surface area contributed by atoms with E-state index in [0.29, 0.717) is 6.54 Å². The fourth-order valence-electron chi connectivity index (χ4n) is 2.57. The number of nitrogens with zero attached hydrogens (tertiary/aromatic N) is 1. The Hall–Kier alpha value is -3.05. The van der Waals surface area contributed by atoms with E-state index in [2.05, 4.69) is 10.6 Å². The average Bonchev–Trinajstić information content (AvgIpc) is 2.67. The van der Waals surface area contributed by atoms with E-state index in [-0.39, 0.29) is 16.1 Å². The third kappa shape index (κ3) is 5.72. The van der Waals surface area contributed by atoms with Crippen LogP contribution in [0.2, 0.25) is 0 Å². The van der Waals surface area contributed by atoms with Crippen LogP contribution in [0.15, 0.2) is 47.4 Å². The smallest absolute Gasteiger partial charge is 0.328 e. The maximum atomic E-state index is 12.8. The van der Waals surface area contributed by atoms with Gasteiger partial charge in [-0.15, -0.1) is 0 Å². The van der Waals surface area contributed by atoms with Crippen molar-refractivity contribution in [2.75, 3.05) is 11.9 Å². The first kappa shape index (κ1) is 21.3. The van der Waals surface area contributed by atoms with Crippen molar-refractivity contribution in [3.63, 3.8) is 0 Å². The zero-order chi connectivity index (χ0) is 20.6. The SMILES string of the molecule is CCCCCNC(=O)NS(=O)(=O)c1cc(C#N)ccc1Nc1ccccc1C. The highest BCUT2D eigenvalue weighted by atomic mass is 32.2. The Morgan fingerprint density at radius 3 is 2.54 bits per heavy atom. The summed E-state index contributed by atoms with van der Waals surface area (Å²) in [4.78, 5) is 11.8. The lowest BCUT2D eigenvalue weighted by Gasteiger charge is -2.15. The quantitative estimate of drug-likeness (QED) is 0.584. The summed E-state index contributed by atoms with van der Waals surface area (Å²) in [6.45, 7) is 4.32. The first-order chi connectivity index (χ1) is 13.4. The number of benzene rings is 2. The number of carbonyl (C=O) groups is 1. The summed E-state index contributed by atoms with van der Waals surface area (Å²) in [6, 6.07) is 12.8. The van der Waals surface area contributed by atoms with Crippen LogP contribution in [0, 0.1) is 18.3 Å². The number of sulfonamides is 1. The van der Waals surface area contributed by atoms with Crippen LogP contribution >= 0.6 is 0 Å². The molecule has 0 fully saturated rings. The average molecular weight is 401 g/mol. The highest BCUT2D eigenvalue weighted by Crippen LogP contribution is 2.27. The van der Waals surface area contributed by atoms with Gasteiger partial charge in [0.15, 0.2) is 0 Å². The third-order valence-corrected chi connectivity index (χ3v) is 5.48. The molecule has 0 spiro atoms. The second kappa shape index (κ2) is 9.76. The summed E-state index contributed by atoms with van der Waals surface area (Å²) < 4.78 is 27.6. The van der Waals surface area contributed by atoms with Crippen molar-refractivity contribution >= 4 is 27.4 Å². The second-order valence-corrected chi connectivity index (χ2v) is 7.98. The van der Waals surface area contributed by atoms with Crippen molar-refractivity contribution in [1.82, 2.24) is 10.0 Å². The molecule has 0 bridgehead atoms. The van der Waals surface area contributed by atoms with Gasteiger partial charge in [-0.3, -0.25) is 0 Å². The highest BCUT2D eigenvalue weighted by molar-refractivity contribution is 7.90. The molecule has 0 aromatic heterocycles. The second-order valence-electron chi connectivity index (χ2n) is 6.33. The Bertz CT molecular complexity index is 981. The summed E-state index contributed by atoms with van der Waals surface area (Å²) >= 11 is 0. The molecule has 0 aliphatic carbocycles. The molecule has 0 aliphatic heterocycles. The van der Waals surface area contributed by atoms with Crippen LogP contribution < -0.4 is 15.4 Å². The topological polar surface area (TPSA) is 111 Å². The fourth-order valence-corrected chi connectivity index (χ4v) is 3.68. The van der Waals surface area contributed by atoms with Crippen molar-refractivity contribution in [3.05, 3.63) is 53.6 Å². The Morgan fingerprint density at radius 2 is 1.86 bits per heavy atom. The monoisotopic (exact) mass is 400 g/mol. The molecular formula is C20H24N4O3S. The molecule has 0 saturated heterocycles. The molecule has 7 nitrogen and oxygen atoms in total. The van der Waals surface area contributed by atoms with Gasteiger partial charge in [-0.25, -0.2) is 17.9 Å². The molecule has 0 atom stereocenters. The van der Waals surface area contributed by atoms with Gasteiger partial charge in [0, 0.05) is 12.2 Å². The number of nitrogens with one attached hydrogen (secondary N) is 3. The van der Waals surface area contributed by atoms with Crippen LogP contribution in [0.4, 0.5) is 16.2 Å². The van der Waals surface area contributed by atoms with Gasteiger partial charge >= 0.3 is 6.03 Å². The molecule has 3 N–H and O–H groups in total. The Balaban J connectivity index is 2.27. The molecule has 0 unspecified atom stereocenters. The van der Waals surface area contributed by atoms with Crippen molar-refractivity contribution in [1.29, 1.82) is 5.26 Å². The molecule has 0 radical (unpaired) electrons. The number of carbonyl (C=O) groups excluding carboxylic acids is 1. The minimum Gasteiger partial charge on any atom is -0.354 e. The highest BCUT2D eigenvalue weighted by Gasteiger charge is 2.22. The first-order valence-corrected chi connectivity index (χ1v) is 10.5. The Kier molecular flexibility index (Phi) is 7.41. The lowest BCUT2D eigenvalue weighted by Crippen LogP contribution is -2.40. The number of anilines is 2. The van der Waals surface area contributed by atoms with Gasteiger partial charge in [0.25, 0.3) is 10.0 Å². The van der Waals surface area contributed by atoms with Gasteiger partial charge in [-0.05, 0) is 43.2 Å². The molecule has 0 heterocycles. The van der Waals surface area contributed by atoms with E-state index in [4.69, 9.17) is 5.26 Å². The zero-order valence-corrected chi connectivity index (χ0v) is 16.8. The summed E-state index contributed by atoms with van der Waals surface area (Å²) in [5.74, 6) is 0. The number of amides is 2. The van der Waals surface area contributed by atoms with Gasteiger partial charge < -0.3 is 10.6 Å². The molecule has 28 heavy (non-hydrogen) atoms. The minimum atomic E-state index is -4.17. The number of hydrogen-bond acceptors (Lipinski definition) is 5. The van der Waals surface area contributed by atoms with E-state index >= 15 is 0 Å². The standard InChI is InChI=1S/C20H24N4O3S/c1-3-4-7-12-22-20(25)24-28(26,27)19-13-16(14-21)10-11-18(19)23-17-9-6-5-8-15(17)2/h5-6,8-11,13,23H,3-4,7,12H2,1-2H3,(H2,22,24,25). The lowest BCUT2D eigenvalue weighted by atomic mass is 10.1. The lowest BCUT2D eigenvalue weighted by molar-refractivity contribution is 0.245.